The van der Waals surface area contributed by atoms with E-state index in [-0.39, 0.29) is 5.56 Å². The van der Waals surface area contributed by atoms with Crippen molar-refractivity contribution < 1.29 is 17.9 Å². The lowest BCUT2D eigenvalue weighted by Gasteiger charge is -2.19. The Morgan fingerprint density at radius 1 is 1.00 bits per heavy atom. The van der Waals surface area contributed by atoms with Crippen LogP contribution in [0.5, 0.6) is 5.75 Å². The molecule has 0 fully saturated rings. The van der Waals surface area contributed by atoms with Gasteiger partial charge >= 0.3 is 6.18 Å². The van der Waals surface area contributed by atoms with Crippen molar-refractivity contribution in [1.82, 2.24) is 14.5 Å². The molecule has 0 unspecified atom stereocenters. The second kappa shape index (κ2) is 8.77. The zero-order valence-electron chi connectivity index (χ0n) is 17.8. The van der Waals surface area contributed by atoms with E-state index in [1.54, 1.807) is 43.0 Å². The zero-order valence-corrected chi connectivity index (χ0v) is 19.3. The van der Waals surface area contributed by atoms with Gasteiger partial charge < -0.3 is 4.74 Å². The SMILES string of the molecule is C[C@@H](Oc1csc(-n2cnc3cc(-c4ccnc(Cl)c4)ccc32)c1)c1ccccc1C(F)(F)F. The first-order chi connectivity index (χ1) is 16.3. The molecule has 0 aliphatic heterocycles. The van der Waals surface area contributed by atoms with Gasteiger partial charge in [-0.25, -0.2) is 9.97 Å². The van der Waals surface area contributed by atoms with Crippen LogP contribution in [0.4, 0.5) is 13.2 Å². The van der Waals surface area contributed by atoms with Crippen LogP contribution in [-0.4, -0.2) is 14.5 Å². The molecule has 0 saturated carbocycles. The number of imidazole rings is 1. The topological polar surface area (TPSA) is 39.9 Å². The molecule has 5 aromatic rings. The average molecular weight is 500 g/mol. The van der Waals surface area contributed by atoms with Gasteiger partial charge in [-0.1, -0.05) is 35.9 Å². The molecule has 0 aliphatic rings. The minimum absolute atomic E-state index is 0.0968. The van der Waals surface area contributed by atoms with E-state index in [9.17, 15) is 13.2 Å². The van der Waals surface area contributed by atoms with Gasteiger partial charge in [-0.15, -0.1) is 11.3 Å². The highest BCUT2D eigenvalue weighted by Crippen LogP contribution is 2.37. The third-order valence-electron chi connectivity index (χ3n) is 5.42. The van der Waals surface area contributed by atoms with E-state index in [2.05, 4.69) is 9.97 Å². The number of benzene rings is 2. The summed E-state index contributed by atoms with van der Waals surface area (Å²) in [5.74, 6) is 0.495. The lowest BCUT2D eigenvalue weighted by atomic mass is 10.0. The van der Waals surface area contributed by atoms with E-state index >= 15 is 0 Å². The van der Waals surface area contributed by atoms with Crippen molar-refractivity contribution in [2.75, 3.05) is 0 Å². The predicted octanol–water partition coefficient (Wildman–Crippen LogP) is 7.96. The van der Waals surface area contributed by atoms with Crippen LogP contribution in [0.3, 0.4) is 0 Å². The van der Waals surface area contributed by atoms with Crippen molar-refractivity contribution in [1.29, 1.82) is 0 Å². The Labute approximate surface area is 202 Å². The van der Waals surface area contributed by atoms with Crippen LogP contribution in [-0.2, 0) is 6.18 Å². The van der Waals surface area contributed by atoms with Crippen LogP contribution < -0.4 is 4.74 Å². The molecule has 172 valence electrons. The molecule has 2 aromatic carbocycles. The molecule has 4 nitrogen and oxygen atoms in total. The summed E-state index contributed by atoms with van der Waals surface area (Å²) in [5, 5.41) is 3.04. The van der Waals surface area contributed by atoms with Gasteiger partial charge in [-0.2, -0.15) is 13.2 Å². The predicted molar refractivity (Wildman–Crippen MR) is 128 cm³/mol. The summed E-state index contributed by atoms with van der Waals surface area (Å²) in [5.41, 5.74) is 3.01. The average Bonchev–Trinajstić information content (AvgIpc) is 3.44. The second-order valence-corrected chi connectivity index (χ2v) is 8.93. The third kappa shape index (κ3) is 4.38. The molecular weight excluding hydrogens is 483 g/mol. The fraction of sp³-hybridized carbons (Fsp3) is 0.120. The minimum Gasteiger partial charge on any atom is -0.485 e. The number of fused-ring (bicyclic) bond motifs is 1. The molecule has 0 N–H and O–H groups in total. The summed E-state index contributed by atoms with van der Waals surface area (Å²) in [4.78, 5) is 8.52. The van der Waals surface area contributed by atoms with Gasteiger partial charge in [0.25, 0.3) is 0 Å². The molecule has 0 radical (unpaired) electrons. The summed E-state index contributed by atoms with van der Waals surface area (Å²) in [6.07, 6.45) is -1.84. The first kappa shape index (κ1) is 22.4. The summed E-state index contributed by atoms with van der Waals surface area (Å²) in [7, 11) is 0. The maximum absolute atomic E-state index is 13.4. The zero-order chi connectivity index (χ0) is 23.9. The molecule has 3 aromatic heterocycles. The molecule has 0 spiro atoms. The summed E-state index contributed by atoms with van der Waals surface area (Å²) < 4.78 is 47.9. The van der Waals surface area contributed by atoms with Gasteiger partial charge in [0.2, 0.25) is 0 Å². The first-order valence-corrected chi connectivity index (χ1v) is 11.6. The molecule has 0 saturated heterocycles. The lowest BCUT2D eigenvalue weighted by Crippen LogP contribution is -2.13. The normalized spacial score (nSPS) is 12.7. The van der Waals surface area contributed by atoms with E-state index in [1.807, 2.05) is 28.8 Å². The van der Waals surface area contributed by atoms with Crippen LogP contribution >= 0.6 is 22.9 Å². The summed E-state index contributed by atoms with van der Waals surface area (Å²) >= 11 is 7.43. The number of nitrogens with zero attached hydrogens (tertiary/aromatic N) is 3. The molecule has 3 heterocycles. The van der Waals surface area contributed by atoms with E-state index in [0.717, 1.165) is 33.2 Å². The number of halogens is 4. The van der Waals surface area contributed by atoms with Crippen LogP contribution in [0.2, 0.25) is 5.15 Å². The Hall–Kier alpha value is -3.36. The Morgan fingerprint density at radius 3 is 2.59 bits per heavy atom. The van der Waals surface area contributed by atoms with Gasteiger partial charge in [0.15, 0.2) is 0 Å². The maximum Gasteiger partial charge on any atom is 0.416 e. The van der Waals surface area contributed by atoms with Gasteiger partial charge in [-0.3, -0.25) is 4.57 Å². The monoisotopic (exact) mass is 499 g/mol. The van der Waals surface area contributed by atoms with Gasteiger partial charge in [0.05, 0.1) is 16.6 Å². The number of alkyl halides is 3. The van der Waals surface area contributed by atoms with E-state index in [0.29, 0.717) is 10.9 Å². The van der Waals surface area contributed by atoms with Crippen molar-refractivity contribution in [2.24, 2.45) is 0 Å². The Bertz CT molecular complexity index is 1480. The maximum atomic E-state index is 13.4. The third-order valence-corrected chi connectivity index (χ3v) is 6.54. The Balaban J connectivity index is 1.40. The van der Waals surface area contributed by atoms with Crippen LogP contribution in [0.15, 0.2) is 78.6 Å². The second-order valence-electron chi connectivity index (χ2n) is 7.65. The van der Waals surface area contributed by atoms with Crippen LogP contribution in [0.25, 0.3) is 27.2 Å². The molecule has 0 amide bonds. The van der Waals surface area contributed by atoms with E-state index < -0.39 is 17.8 Å². The number of ether oxygens (including phenoxy) is 1. The minimum atomic E-state index is -4.44. The molecule has 0 aliphatic carbocycles. The molecule has 1 atom stereocenters. The van der Waals surface area contributed by atoms with Gasteiger partial charge in [0, 0.05) is 23.2 Å². The largest absolute Gasteiger partial charge is 0.485 e. The first-order valence-electron chi connectivity index (χ1n) is 10.3. The molecular formula is C25H17ClF3N3OS. The highest BCUT2D eigenvalue weighted by molar-refractivity contribution is 7.12. The fourth-order valence-electron chi connectivity index (χ4n) is 3.82. The van der Waals surface area contributed by atoms with Crippen LogP contribution in [0.1, 0.15) is 24.2 Å². The number of thiophene rings is 1. The van der Waals surface area contributed by atoms with Gasteiger partial charge in [-0.05, 0) is 48.4 Å². The number of pyridine rings is 1. The highest BCUT2D eigenvalue weighted by Gasteiger charge is 2.34. The lowest BCUT2D eigenvalue weighted by molar-refractivity contribution is -0.138. The quantitative estimate of drug-likeness (QED) is 0.230. The number of hydrogen-bond acceptors (Lipinski definition) is 4. The molecule has 0 bridgehead atoms. The van der Waals surface area contributed by atoms with Crippen molar-refractivity contribution in [3.63, 3.8) is 0 Å². The number of aromatic nitrogens is 3. The van der Waals surface area contributed by atoms with Crippen molar-refractivity contribution in [3.05, 3.63) is 94.8 Å². The van der Waals surface area contributed by atoms with Crippen molar-refractivity contribution >= 4 is 34.0 Å². The molecule has 34 heavy (non-hydrogen) atoms. The molecule has 9 heteroatoms. The van der Waals surface area contributed by atoms with Crippen LogP contribution in [0, 0.1) is 0 Å². The van der Waals surface area contributed by atoms with Gasteiger partial charge in [0.1, 0.15) is 28.3 Å². The standard InChI is InChI=1S/C25H17ClF3N3OS/c1-15(19-4-2-3-5-20(19)25(27,28)29)33-18-12-24(34-13-18)32-14-31-21-10-16(6-7-22(21)32)17-8-9-30-23(26)11-17/h2-15H,1H3/t15-/m1/s1. The Morgan fingerprint density at radius 2 is 1.79 bits per heavy atom. The smallest absolute Gasteiger partial charge is 0.416 e. The van der Waals surface area contributed by atoms with E-state index in [4.69, 9.17) is 16.3 Å². The van der Waals surface area contributed by atoms with E-state index in [1.165, 1.54) is 23.5 Å². The summed E-state index contributed by atoms with van der Waals surface area (Å²) in [6, 6.07) is 16.9. The number of hydrogen-bond donors (Lipinski definition) is 0. The molecule has 5 rings (SSSR count). The highest BCUT2D eigenvalue weighted by atomic mass is 35.5. The fourth-order valence-corrected chi connectivity index (χ4v) is 4.80. The summed E-state index contributed by atoms with van der Waals surface area (Å²) in [6.45, 7) is 1.61. The number of rotatable bonds is 5. The van der Waals surface area contributed by atoms with Crippen molar-refractivity contribution in [3.8, 4) is 21.9 Å². The Kier molecular flexibility index (Phi) is 5.79. The van der Waals surface area contributed by atoms with Crippen molar-refractivity contribution in [2.45, 2.75) is 19.2 Å².